The van der Waals surface area contributed by atoms with Crippen LogP contribution >= 0.6 is 11.3 Å². The number of fused-ring (bicyclic) bond motifs is 1. The third-order valence-corrected chi connectivity index (χ3v) is 9.21. The number of hydrogen-bond donors (Lipinski definition) is 2. The summed E-state index contributed by atoms with van der Waals surface area (Å²) in [5.41, 5.74) is 7.17. The van der Waals surface area contributed by atoms with E-state index in [1.54, 1.807) is 16.9 Å². The molecule has 0 spiro atoms. The van der Waals surface area contributed by atoms with Gasteiger partial charge in [-0.15, -0.1) is 11.3 Å². The van der Waals surface area contributed by atoms with Gasteiger partial charge in [0.05, 0.1) is 41.2 Å². The lowest BCUT2D eigenvalue weighted by molar-refractivity contribution is -0.163. The molecule has 5 heterocycles. The maximum absolute atomic E-state index is 13.4. The normalized spacial score (nSPS) is 15.2. The summed E-state index contributed by atoms with van der Waals surface area (Å²) < 4.78 is 15.3. The van der Waals surface area contributed by atoms with Crippen molar-refractivity contribution in [3.63, 3.8) is 0 Å². The van der Waals surface area contributed by atoms with Crippen LogP contribution in [0.1, 0.15) is 63.4 Å². The molecule has 5 aromatic rings. The summed E-state index contributed by atoms with van der Waals surface area (Å²) in [6.07, 6.45) is 5.54. The van der Waals surface area contributed by atoms with Crippen LogP contribution in [0.2, 0.25) is 0 Å². The SMILES string of the molecule is Cc1cc(-c2nc(-c3nc(C(=O)NCc4ccc(C)c(C)c4)cc4c3cnn4C)c(CO)s2)n(CCCOC2CCCCO2)n1. The lowest BCUT2D eigenvalue weighted by Gasteiger charge is -2.22. The van der Waals surface area contributed by atoms with Crippen molar-refractivity contribution in [2.45, 2.75) is 72.4 Å². The van der Waals surface area contributed by atoms with E-state index in [0.29, 0.717) is 36.0 Å². The predicted molar refractivity (Wildman–Crippen MR) is 173 cm³/mol. The number of carbonyl (C=O) groups excluding carboxylic acids is 1. The maximum Gasteiger partial charge on any atom is 0.270 e. The molecule has 4 aromatic heterocycles. The van der Waals surface area contributed by atoms with Crippen molar-refractivity contribution in [3.05, 3.63) is 69.5 Å². The molecule has 12 heteroatoms. The van der Waals surface area contributed by atoms with Crippen molar-refractivity contribution in [2.75, 3.05) is 13.2 Å². The van der Waals surface area contributed by atoms with Crippen molar-refractivity contribution in [3.8, 4) is 22.1 Å². The van der Waals surface area contributed by atoms with Crippen molar-refractivity contribution in [1.82, 2.24) is 34.8 Å². The first-order valence-corrected chi connectivity index (χ1v) is 16.2. The van der Waals surface area contributed by atoms with E-state index < -0.39 is 0 Å². The predicted octanol–water partition coefficient (Wildman–Crippen LogP) is 5.24. The highest BCUT2D eigenvalue weighted by molar-refractivity contribution is 7.15. The first-order chi connectivity index (χ1) is 21.8. The standard InChI is InChI=1S/C33H39N7O4S/c1-20-9-10-23(14-21(20)2)17-34-32(42)25-16-26-24(18-35-39(26)4)30(36-25)31-28(19-41)45-33(37-31)27-15-22(3)38-40(27)11-7-13-44-29-8-5-6-12-43-29/h9-10,14-16,18,29,41H,5-8,11-13,17,19H2,1-4H3,(H,34,42). The zero-order valence-corrected chi connectivity index (χ0v) is 27.0. The summed E-state index contributed by atoms with van der Waals surface area (Å²) >= 11 is 1.40. The number of rotatable bonds is 11. The molecular weight excluding hydrogens is 590 g/mol. The Kier molecular flexibility index (Phi) is 9.36. The Bertz CT molecular complexity index is 1820. The number of aliphatic hydroxyl groups excluding tert-OH is 1. The number of aromatic nitrogens is 6. The highest BCUT2D eigenvalue weighted by Gasteiger charge is 2.23. The zero-order valence-electron chi connectivity index (χ0n) is 26.2. The molecular formula is C33H39N7O4S. The van der Waals surface area contributed by atoms with Gasteiger partial charge < -0.3 is 19.9 Å². The monoisotopic (exact) mass is 629 g/mol. The average molecular weight is 630 g/mol. The van der Waals surface area contributed by atoms with Crippen LogP contribution in [0.5, 0.6) is 0 Å². The van der Waals surface area contributed by atoms with Gasteiger partial charge in [0.2, 0.25) is 0 Å². The molecule has 1 aliphatic heterocycles. The molecule has 1 aliphatic rings. The van der Waals surface area contributed by atoms with E-state index in [4.69, 9.17) is 24.5 Å². The minimum atomic E-state index is -0.298. The van der Waals surface area contributed by atoms with Crippen LogP contribution in [-0.2, 0) is 36.2 Å². The number of nitrogens with one attached hydrogen (secondary N) is 1. The molecule has 0 radical (unpaired) electrons. The summed E-state index contributed by atoms with van der Waals surface area (Å²) in [6.45, 7) is 8.22. The zero-order chi connectivity index (χ0) is 31.5. The molecule has 2 N–H and O–H groups in total. The largest absolute Gasteiger partial charge is 0.391 e. The fourth-order valence-corrected chi connectivity index (χ4v) is 6.48. The highest BCUT2D eigenvalue weighted by atomic mass is 32.1. The second-order valence-electron chi connectivity index (χ2n) is 11.5. The Morgan fingerprint density at radius 2 is 2.00 bits per heavy atom. The molecule has 1 aromatic carbocycles. The fourth-order valence-electron chi connectivity index (χ4n) is 5.54. The molecule has 1 amide bonds. The van der Waals surface area contributed by atoms with E-state index in [9.17, 15) is 9.90 Å². The van der Waals surface area contributed by atoms with Crippen LogP contribution in [-0.4, -0.2) is 60.0 Å². The molecule has 1 unspecified atom stereocenters. The van der Waals surface area contributed by atoms with E-state index in [-0.39, 0.29) is 24.5 Å². The van der Waals surface area contributed by atoms with Gasteiger partial charge in [-0.2, -0.15) is 10.2 Å². The number of ether oxygens (including phenoxy) is 2. The number of carbonyl (C=O) groups is 1. The maximum atomic E-state index is 13.4. The van der Waals surface area contributed by atoms with Crippen LogP contribution in [0.15, 0.2) is 36.5 Å². The Labute approximate surface area is 266 Å². The lowest BCUT2D eigenvalue weighted by atomic mass is 10.1. The van der Waals surface area contributed by atoms with Gasteiger partial charge in [0.25, 0.3) is 5.91 Å². The number of nitrogens with zero attached hydrogens (tertiary/aromatic N) is 6. The first kappa shape index (κ1) is 31.0. The second kappa shape index (κ2) is 13.6. The van der Waals surface area contributed by atoms with Gasteiger partial charge in [-0.3, -0.25) is 14.2 Å². The molecule has 0 bridgehead atoms. The van der Waals surface area contributed by atoms with Gasteiger partial charge in [0, 0.05) is 32.1 Å². The molecule has 236 valence electrons. The Hall–Kier alpha value is -3.97. The molecule has 1 atom stereocenters. The minimum Gasteiger partial charge on any atom is -0.391 e. The number of aliphatic hydroxyl groups is 1. The Morgan fingerprint density at radius 1 is 1.13 bits per heavy atom. The second-order valence-corrected chi connectivity index (χ2v) is 12.6. The molecule has 0 aliphatic carbocycles. The molecule has 11 nitrogen and oxygen atoms in total. The molecule has 45 heavy (non-hydrogen) atoms. The first-order valence-electron chi connectivity index (χ1n) is 15.4. The van der Waals surface area contributed by atoms with Crippen molar-refractivity contribution >= 4 is 28.1 Å². The van der Waals surface area contributed by atoms with Crippen molar-refractivity contribution < 1.29 is 19.4 Å². The van der Waals surface area contributed by atoms with Crippen LogP contribution in [0.3, 0.4) is 0 Å². The molecule has 0 saturated carbocycles. The van der Waals surface area contributed by atoms with Crippen LogP contribution < -0.4 is 5.32 Å². The number of pyridine rings is 1. The van der Waals surface area contributed by atoms with E-state index >= 15 is 0 Å². The van der Waals surface area contributed by atoms with Gasteiger partial charge in [-0.05, 0) is 75.3 Å². The molecule has 1 saturated heterocycles. The number of amides is 1. The van der Waals surface area contributed by atoms with Crippen molar-refractivity contribution in [1.29, 1.82) is 0 Å². The van der Waals surface area contributed by atoms with E-state index in [1.165, 1.54) is 22.5 Å². The smallest absolute Gasteiger partial charge is 0.270 e. The van der Waals surface area contributed by atoms with Crippen LogP contribution in [0.25, 0.3) is 33.0 Å². The minimum absolute atomic E-state index is 0.118. The summed E-state index contributed by atoms with van der Waals surface area (Å²) in [7, 11) is 1.83. The summed E-state index contributed by atoms with van der Waals surface area (Å²) in [6, 6.07) is 9.89. The number of aryl methyl sites for hydroxylation is 5. The lowest BCUT2D eigenvalue weighted by Crippen LogP contribution is -2.24. The number of benzene rings is 1. The van der Waals surface area contributed by atoms with Crippen molar-refractivity contribution in [2.24, 2.45) is 7.05 Å². The average Bonchev–Trinajstić information content (AvgIpc) is 3.76. The van der Waals surface area contributed by atoms with Crippen LogP contribution in [0.4, 0.5) is 0 Å². The number of thiazole rings is 1. The third-order valence-electron chi connectivity index (χ3n) is 8.14. The van der Waals surface area contributed by atoms with E-state index in [1.807, 2.05) is 30.8 Å². The van der Waals surface area contributed by atoms with Crippen LogP contribution in [0, 0.1) is 20.8 Å². The summed E-state index contributed by atoms with van der Waals surface area (Å²) in [5.74, 6) is -0.298. The summed E-state index contributed by atoms with van der Waals surface area (Å²) in [5, 5.41) is 24.0. The topological polar surface area (TPSA) is 129 Å². The van der Waals surface area contributed by atoms with E-state index in [0.717, 1.165) is 65.2 Å². The van der Waals surface area contributed by atoms with Gasteiger partial charge in [-0.25, -0.2) is 9.97 Å². The Balaban J connectivity index is 1.26. The highest BCUT2D eigenvalue weighted by Crippen LogP contribution is 2.37. The van der Waals surface area contributed by atoms with Gasteiger partial charge in [-0.1, -0.05) is 18.2 Å². The Morgan fingerprint density at radius 3 is 2.78 bits per heavy atom. The molecule has 1 fully saturated rings. The fraction of sp³-hybridized carbons (Fsp3) is 0.424. The number of hydrogen-bond acceptors (Lipinski definition) is 9. The van der Waals surface area contributed by atoms with Gasteiger partial charge in [0.15, 0.2) is 6.29 Å². The quantitative estimate of drug-likeness (QED) is 0.190. The van der Waals surface area contributed by atoms with Gasteiger partial charge >= 0.3 is 0 Å². The third kappa shape index (κ3) is 6.84. The van der Waals surface area contributed by atoms with Gasteiger partial charge in [0.1, 0.15) is 22.1 Å². The summed E-state index contributed by atoms with van der Waals surface area (Å²) in [4.78, 5) is 23.8. The molecule has 6 rings (SSSR count). The van der Waals surface area contributed by atoms with E-state index in [2.05, 4.69) is 36.4 Å².